The minimum Gasteiger partial charge on any atom is -0.469 e. The Labute approximate surface area is 340 Å². The highest BCUT2D eigenvalue weighted by Gasteiger charge is 2.38. The molecule has 0 saturated carbocycles. The molecule has 5 rings (SSSR count). The van der Waals surface area contributed by atoms with Crippen LogP contribution >= 0.6 is 11.6 Å². The van der Waals surface area contributed by atoms with E-state index in [2.05, 4.69) is 31.6 Å². The van der Waals surface area contributed by atoms with E-state index < -0.39 is 71.6 Å². The van der Waals surface area contributed by atoms with Crippen LogP contribution in [0, 0.1) is 0 Å². The summed E-state index contributed by atoms with van der Waals surface area (Å²) in [4.78, 5) is 96.6. The zero-order chi connectivity index (χ0) is 41.6. The van der Waals surface area contributed by atoms with E-state index in [0.717, 1.165) is 27.2 Å². The van der Waals surface area contributed by atoms with Gasteiger partial charge < -0.3 is 46.9 Å². The summed E-state index contributed by atoms with van der Waals surface area (Å²) in [6.07, 6.45) is 3.40. The number of primary amides is 1. The van der Waals surface area contributed by atoms with Gasteiger partial charge in [-0.05, 0) is 73.1 Å². The normalized spacial score (nSPS) is 15.4. The summed E-state index contributed by atoms with van der Waals surface area (Å²) in [6.45, 7) is 0.343. The van der Waals surface area contributed by atoms with Crippen LogP contribution in [-0.4, -0.2) is 102 Å². The van der Waals surface area contributed by atoms with E-state index in [1.54, 1.807) is 12.3 Å². The molecule has 1 aromatic heterocycles. The molecular weight excluding hydrogens is 768 g/mol. The number of para-hydroxylation sites is 1. The van der Waals surface area contributed by atoms with Crippen molar-refractivity contribution >= 4 is 80.5 Å². The molecule has 4 aromatic rings. The number of nitrogens with two attached hydrogens (primary N) is 1. The average Bonchev–Trinajstić information content (AvgIpc) is 3.64. The predicted octanol–water partition coefficient (Wildman–Crippen LogP) is 2.98. The lowest BCUT2D eigenvalue weighted by Crippen LogP contribution is -2.60. The number of carbonyl (C=O) groups is 7. The molecule has 0 bridgehead atoms. The third kappa shape index (κ3) is 11.7. The quantitative estimate of drug-likeness (QED) is 0.0447. The number of benzene rings is 3. The monoisotopic (exact) mass is 816 g/mol. The van der Waals surface area contributed by atoms with E-state index in [-0.39, 0.29) is 51.6 Å². The first-order valence-corrected chi connectivity index (χ1v) is 19.7. The number of piperidine rings is 1. The van der Waals surface area contributed by atoms with Crippen molar-refractivity contribution in [2.45, 2.75) is 75.5 Å². The van der Waals surface area contributed by atoms with Gasteiger partial charge in [0, 0.05) is 48.7 Å². The molecule has 8 N–H and O–H groups in total. The summed E-state index contributed by atoms with van der Waals surface area (Å²) in [5.74, 6) is -3.96. The SMILES string of the molecule is COC(=O)CC[C@H](NC(=O)CCl)C(=O)N1CCCC[C@H]1C(=O)N[C@@H](Cc1c[nH]c2ccccc12)C(=O)N[C@@H](CCCNC(N)=O)C(=O)Nc1ccc2ccccc2c1. The highest BCUT2D eigenvalue weighted by atomic mass is 35.5. The molecule has 1 fully saturated rings. The highest BCUT2D eigenvalue weighted by Crippen LogP contribution is 2.23. The summed E-state index contributed by atoms with van der Waals surface area (Å²) in [6, 6.07) is 15.4. The standard InChI is InChI=1S/C41H49ClN8O8/c1-58-36(52)18-17-32(47-35(51)23-42)40(56)50-20-7-6-14-34(50)39(55)49-33(22-27-24-45-30-12-5-4-11-29(27)30)38(54)48-31(13-8-19-44-41(43)57)37(53)46-28-16-15-25-9-2-3-10-26(25)21-28/h2-5,9-12,15-16,21,24,31-34,45H,6-8,13-14,17-20,22-23H2,1H3,(H,46,53)(H,47,51)(H,48,54)(H,49,55)(H3,43,44,57)/t31-,32-,33-,34-/m0/s1. The van der Waals surface area contributed by atoms with Crippen molar-refractivity contribution in [1.82, 2.24) is 31.2 Å². The Hall–Kier alpha value is -6.16. The van der Waals surface area contributed by atoms with E-state index >= 15 is 0 Å². The summed E-state index contributed by atoms with van der Waals surface area (Å²) in [5, 5.41) is 16.4. The van der Waals surface area contributed by atoms with Crippen molar-refractivity contribution in [3.63, 3.8) is 0 Å². The van der Waals surface area contributed by atoms with E-state index in [1.807, 2.05) is 60.7 Å². The molecule has 17 heteroatoms. The number of hydrogen-bond donors (Lipinski definition) is 7. The van der Waals surface area contributed by atoms with Crippen molar-refractivity contribution in [2.24, 2.45) is 5.73 Å². The Bertz CT molecular complexity index is 2130. The second-order valence-electron chi connectivity index (χ2n) is 14.1. The third-order valence-electron chi connectivity index (χ3n) is 10.1. The van der Waals surface area contributed by atoms with Crippen LogP contribution in [0.4, 0.5) is 10.5 Å². The number of esters is 1. The number of halogens is 1. The van der Waals surface area contributed by atoms with Gasteiger partial charge >= 0.3 is 12.0 Å². The molecule has 0 unspecified atom stereocenters. The molecule has 1 aliphatic heterocycles. The van der Waals surface area contributed by atoms with Crippen molar-refractivity contribution in [3.8, 4) is 0 Å². The molecule has 7 amide bonds. The number of alkyl halides is 1. The number of nitrogens with zero attached hydrogens (tertiary/aromatic N) is 1. The molecule has 4 atom stereocenters. The Morgan fingerprint density at radius 3 is 2.40 bits per heavy atom. The molecule has 58 heavy (non-hydrogen) atoms. The van der Waals surface area contributed by atoms with Crippen LogP contribution in [0.3, 0.4) is 0 Å². The number of H-pyrrole nitrogens is 1. The molecule has 16 nitrogen and oxygen atoms in total. The minimum absolute atomic E-state index is 0.0258. The van der Waals surface area contributed by atoms with Crippen molar-refractivity contribution in [1.29, 1.82) is 0 Å². The molecule has 0 spiro atoms. The number of rotatable bonds is 18. The van der Waals surface area contributed by atoms with E-state index in [1.165, 1.54) is 12.0 Å². The fourth-order valence-electron chi connectivity index (χ4n) is 7.08. The highest BCUT2D eigenvalue weighted by molar-refractivity contribution is 6.27. The molecule has 1 aliphatic rings. The lowest BCUT2D eigenvalue weighted by Gasteiger charge is -2.37. The number of hydrogen-bond acceptors (Lipinski definition) is 8. The van der Waals surface area contributed by atoms with Crippen LogP contribution in [0.15, 0.2) is 72.9 Å². The van der Waals surface area contributed by atoms with Crippen LogP contribution in [0.2, 0.25) is 0 Å². The number of carbonyl (C=O) groups excluding carboxylic acids is 7. The van der Waals surface area contributed by atoms with Crippen LogP contribution in [0.5, 0.6) is 0 Å². The number of aromatic nitrogens is 1. The summed E-state index contributed by atoms with van der Waals surface area (Å²) >= 11 is 5.72. The van der Waals surface area contributed by atoms with E-state index in [4.69, 9.17) is 22.1 Å². The number of fused-ring (bicyclic) bond motifs is 2. The van der Waals surface area contributed by atoms with Gasteiger partial charge in [0.15, 0.2) is 0 Å². The number of nitrogens with one attached hydrogen (secondary N) is 6. The fraction of sp³-hybridized carbons (Fsp3) is 0.390. The van der Waals surface area contributed by atoms with Gasteiger partial charge in [-0.3, -0.25) is 28.8 Å². The zero-order valence-corrected chi connectivity index (χ0v) is 32.9. The number of likely N-dealkylation sites (tertiary alicyclic amines) is 1. The minimum atomic E-state index is -1.21. The number of anilines is 1. The third-order valence-corrected chi connectivity index (χ3v) is 10.3. The van der Waals surface area contributed by atoms with Gasteiger partial charge in [0.25, 0.3) is 0 Å². The predicted molar refractivity (Wildman–Crippen MR) is 219 cm³/mol. The van der Waals surface area contributed by atoms with Gasteiger partial charge in [-0.25, -0.2) is 4.79 Å². The maximum atomic E-state index is 14.4. The van der Waals surface area contributed by atoms with Gasteiger partial charge in [0.05, 0.1) is 7.11 Å². The van der Waals surface area contributed by atoms with Gasteiger partial charge in [-0.15, -0.1) is 11.6 Å². The van der Waals surface area contributed by atoms with Crippen molar-refractivity contribution in [3.05, 3.63) is 78.5 Å². The van der Waals surface area contributed by atoms with Crippen LogP contribution in [-0.2, 0) is 39.9 Å². The topological polar surface area (TPSA) is 234 Å². The number of ether oxygens (including phenoxy) is 1. The van der Waals surface area contributed by atoms with Crippen molar-refractivity contribution in [2.75, 3.05) is 31.4 Å². The van der Waals surface area contributed by atoms with Crippen molar-refractivity contribution < 1.29 is 38.3 Å². The van der Waals surface area contributed by atoms with E-state index in [0.29, 0.717) is 18.5 Å². The molecule has 2 heterocycles. The Balaban J connectivity index is 1.40. The molecule has 0 aliphatic carbocycles. The maximum Gasteiger partial charge on any atom is 0.312 e. The molecule has 1 saturated heterocycles. The van der Waals surface area contributed by atoms with Gasteiger partial charge in [-0.1, -0.05) is 48.5 Å². The molecule has 0 radical (unpaired) electrons. The Morgan fingerprint density at radius 1 is 0.879 bits per heavy atom. The van der Waals surface area contributed by atoms with Crippen LogP contribution in [0.1, 0.15) is 50.5 Å². The largest absolute Gasteiger partial charge is 0.469 e. The van der Waals surface area contributed by atoms with Crippen LogP contribution in [0.25, 0.3) is 21.7 Å². The second kappa shape index (κ2) is 20.8. The molecule has 3 aromatic carbocycles. The number of methoxy groups -OCH3 is 1. The fourth-order valence-corrected chi connectivity index (χ4v) is 7.15. The van der Waals surface area contributed by atoms with Gasteiger partial charge in [0.1, 0.15) is 30.0 Å². The lowest BCUT2D eigenvalue weighted by atomic mass is 9.97. The Morgan fingerprint density at radius 2 is 1.64 bits per heavy atom. The van der Waals surface area contributed by atoms with Crippen LogP contribution < -0.4 is 32.3 Å². The summed E-state index contributed by atoms with van der Waals surface area (Å²) in [7, 11) is 1.21. The zero-order valence-electron chi connectivity index (χ0n) is 32.2. The number of aromatic amines is 1. The summed E-state index contributed by atoms with van der Waals surface area (Å²) < 4.78 is 4.72. The van der Waals surface area contributed by atoms with Gasteiger partial charge in [0.2, 0.25) is 29.5 Å². The molecule has 308 valence electrons. The van der Waals surface area contributed by atoms with E-state index in [9.17, 15) is 33.6 Å². The average molecular weight is 817 g/mol. The smallest absolute Gasteiger partial charge is 0.312 e. The lowest BCUT2D eigenvalue weighted by molar-refractivity contribution is -0.146. The Kier molecular flexibility index (Phi) is 15.4. The number of amides is 7. The van der Waals surface area contributed by atoms with Gasteiger partial charge in [-0.2, -0.15) is 0 Å². The number of urea groups is 1. The second-order valence-corrected chi connectivity index (χ2v) is 14.3. The maximum absolute atomic E-state index is 14.4. The summed E-state index contributed by atoms with van der Waals surface area (Å²) in [5.41, 5.74) is 7.30. The first-order chi connectivity index (χ1) is 28.0. The first-order valence-electron chi connectivity index (χ1n) is 19.2. The first kappa shape index (κ1) is 43.0. The molecular formula is C41H49ClN8O8.